The highest BCUT2D eigenvalue weighted by Crippen LogP contribution is 2.23. The van der Waals surface area contributed by atoms with Gasteiger partial charge in [-0.1, -0.05) is 19.1 Å². The van der Waals surface area contributed by atoms with Gasteiger partial charge in [-0.3, -0.25) is 4.79 Å². The summed E-state index contributed by atoms with van der Waals surface area (Å²) in [6, 6.07) is 10.6. The van der Waals surface area contributed by atoms with Crippen molar-refractivity contribution in [3.63, 3.8) is 0 Å². The summed E-state index contributed by atoms with van der Waals surface area (Å²) in [6.07, 6.45) is 3.99. The molecule has 3 heterocycles. The van der Waals surface area contributed by atoms with Crippen molar-refractivity contribution >= 4 is 17.4 Å². The third-order valence-corrected chi connectivity index (χ3v) is 5.73. The number of anilines is 2. The summed E-state index contributed by atoms with van der Waals surface area (Å²) in [5.41, 5.74) is 1.36. The van der Waals surface area contributed by atoms with Crippen LogP contribution < -0.4 is 9.80 Å². The van der Waals surface area contributed by atoms with Crippen LogP contribution in [0.3, 0.4) is 0 Å². The first-order chi connectivity index (χ1) is 13.6. The van der Waals surface area contributed by atoms with E-state index in [1.165, 1.54) is 12.5 Å². The summed E-state index contributed by atoms with van der Waals surface area (Å²) in [7, 11) is 0. The zero-order chi connectivity index (χ0) is 19.5. The molecule has 0 spiro atoms. The van der Waals surface area contributed by atoms with Gasteiger partial charge in [-0.25, -0.2) is 9.37 Å². The second-order valence-electron chi connectivity index (χ2n) is 7.83. The fourth-order valence-electron chi connectivity index (χ4n) is 4.17. The number of pyridine rings is 1. The molecule has 148 valence electrons. The Kier molecular flexibility index (Phi) is 5.46. The van der Waals surface area contributed by atoms with Gasteiger partial charge in [-0.2, -0.15) is 0 Å². The average Bonchev–Trinajstić information content (AvgIpc) is 2.74. The molecule has 5 nitrogen and oxygen atoms in total. The molecular weight excluding hydrogens is 355 g/mol. The third kappa shape index (κ3) is 3.96. The number of aromatic nitrogens is 1. The van der Waals surface area contributed by atoms with Crippen LogP contribution in [-0.2, 0) is 0 Å². The van der Waals surface area contributed by atoms with Gasteiger partial charge >= 0.3 is 0 Å². The van der Waals surface area contributed by atoms with Crippen LogP contribution in [0.5, 0.6) is 0 Å². The minimum Gasteiger partial charge on any atom is -0.366 e. The first kappa shape index (κ1) is 18.7. The molecule has 28 heavy (non-hydrogen) atoms. The Hall–Kier alpha value is -2.63. The minimum atomic E-state index is -0.183. The Balaban J connectivity index is 1.42. The number of halogens is 1. The predicted molar refractivity (Wildman–Crippen MR) is 109 cm³/mol. The van der Waals surface area contributed by atoms with Crippen molar-refractivity contribution in [3.8, 4) is 0 Å². The van der Waals surface area contributed by atoms with Crippen LogP contribution in [0.2, 0.25) is 0 Å². The molecule has 2 aromatic rings. The normalized spacial score (nSPS) is 20.4. The molecule has 0 radical (unpaired) electrons. The largest absolute Gasteiger partial charge is 0.366 e. The summed E-state index contributed by atoms with van der Waals surface area (Å²) in [5, 5.41) is 0. The third-order valence-electron chi connectivity index (χ3n) is 5.73. The van der Waals surface area contributed by atoms with Crippen molar-refractivity contribution in [2.45, 2.75) is 19.8 Å². The molecule has 1 aromatic carbocycles. The van der Waals surface area contributed by atoms with E-state index in [0.29, 0.717) is 17.2 Å². The molecular formula is C22H27FN4O. The number of hydrogen-bond acceptors (Lipinski definition) is 4. The van der Waals surface area contributed by atoms with Gasteiger partial charge in [0.25, 0.3) is 5.91 Å². The molecule has 1 aromatic heterocycles. The van der Waals surface area contributed by atoms with E-state index in [2.05, 4.69) is 21.7 Å². The molecule has 2 fully saturated rings. The Morgan fingerprint density at radius 2 is 1.82 bits per heavy atom. The molecule has 1 unspecified atom stereocenters. The molecule has 0 saturated carbocycles. The predicted octanol–water partition coefficient (Wildman–Crippen LogP) is 3.42. The summed E-state index contributed by atoms with van der Waals surface area (Å²) < 4.78 is 14.0. The SMILES string of the molecule is CC1CCCN(C(=O)c2ccnc(N3CCN(c4ccccc4F)CC3)c2)C1. The van der Waals surface area contributed by atoms with Crippen molar-refractivity contribution in [1.29, 1.82) is 0 Å². The van der Waals surface area contributed by atoms with Gasteiger partial charge < -0.3 is 14.7 Å². The number of benzene rings is 1. The van der Waals surface area contributed by atoms with Gasteiger partial charge in [0.15, 0.2) is 0 Å². The second-order valence-corrected chi connectivity index (χ2v) is 7.83. The molecule has 2 aliphatic rings. The molecule has 6 heteroatoms. The number of para-hydroxylation sites is 1. The number of piperidine rings is 1. The molecule has 2 aliphatic heterocycles. The van der Waals surface area contributed by atoms with Gasteiger partial charge in [-0.15, -0.1) is 0 Å². The Bertz CT molecular complexity index is 835. The van der Waals surface area contributed by atoms with E-state index >= 15 is 0 Å². The molecule has 4 rings (SSSR count). The lowest BCUT2D eigenvalue weighted by Crippen LogP contribution is -2.47. The summed E-state index contributed by atoms with van der Waals surface area (Å²) in [5.74, 6) is 1.30. The number of piperazine rings is 1. The van der Waals surface area contributed by atoms with Crippen LogP contribution in [0.25, 0.3) is 0 Å². The van der Waals surface area contributed by atoms with Crippen LogP contribution in [-0.4, -0.2) is 55.1 Å². The van der Waals surface area contributed by atoms with E-state index in [9.17, 15) is 9.18 Å². The Morgan fingerprint density at radius 3 is 2.57 bits per heavy atom. The van der Waals surface area contributed by atoms with Crippen LogP contribution in [0, 0.1) is 11.7 Å². The van der Waals surface area contributed by atoms with Crippen LogP contribution in [0.15, 0.2) is 42.6 Å². The summed E-state index contributed by atoms with van der Waals surface area (Å²) in [6.45, 7) is 6.82. The highest BCUT2D eigenvalue weighted by molar-refractivity contribution is 5.95. The van der Waals surface area contributed by atoms with E-state index in [4.69, 9.17) is 0 Å². The first-order valence-electron chi connectivity index (χ1n) is 10.1. The number of likely N-dealkylation sites (tertiary alicyclic amines) is 1. The number of hydrogen-bond donors (Lipinski definition) is 0. The zero-order valence-electron chi connectivity index (χ0n) is 16.4. The fraction of sp³-hybridized carbons (Fsp3) is 0.455. The molecule has 2 saturated heterocycles. The maximum atomic E-state index is 14.0. The molecule has 1 amide bonds. The molecule has 1 atom stereocenters. The van der Waals surface area contributed by atoms with Crippen molar-refractivity contribution in [2.75, 3.05) is 49.1 Å². The average molecular weight is 382 g/mol. The number of nitrogens with zero attached hydrogens (tertiary/aromatic N) is 4. The Labute approximate surface area is 165 Å². The molecule has 0 N–H and O–H groups in total. The standard InChI is InChI=1S/C22H27FN4O/c1-17-5-4-10-27(16-17)22(28)18-8-9-24-21(15-18)26-13-11-25(12-14-26)20-7-3-2-6-19(20)23/h2-3,6-9,15,17H,4-5,10-14,16H2,1H3. The maximum Gasteiger partial charge on any atom is 0.254 e. The van der Waals surface area contributed by atoms with E-state index in [0.717, 1.165) is 51.5 Å². The molecule has 0 aliphatic carbocycles. The lowest BCUT2D eigenvalue weighted by atomic mass is 9.99. The topological polar surface area (TPSA) is 39.7 Å². The van der Waals surface area contributed by atoms with E-state index in [-0.39, 0.29) is 11.7 Å². The lowest BCUT2D eigenvalue weighted by molar-refractivity contribution is 0.0683. The van der Waals surface area contributed by atoms with Gasteiger partial charge in [0.1, 0.15) is 11.6 Å². The Morgan fingerprint density at radius 1 is 1.07 bits per heavy atom. The smallest absolute Gasteiger partial charge is 0.254 e. The van der Waals surface area contributed by atoms with Gasteiger partial charge in [-0.05, 0) is 43.0 Å². The number of amides is 1. The van der Waals surface area contributed by atoms with Crippen molar-refractivity contribution < 1.29 is 9.18 Å². The van der Waals surface area contributed by atoms with E-state index in [1.54, 1.807) is 18.3 Å². The van der Waals surface area contributed by atoms with Crippen LogP contribution in [0.1, 0.15) is 30.1 Å². The zero-order valence-corrected chi connectivity index (χ0v) is 16.4. The highest BCUT2D eigenvalue weighted by Gasteiger charge is 2.24. The highest BCUT2D eigenvalue weighted by atomic mass is 19.1. The molecule has 0 bridgehead atoms. The van der Waals surface area contributed by atoms with E-state index < -0.39 is 0 Å². The lowest BCUT2D eigenvalue weighted by Gasteiger charge is -2.37. The number of carbonyl (C=O) groups excluding carboxylic acids is 1. The van der Waals surface area contributed by atoms with Crippen molar-refractivity contribution in [3.05, 3.63) is 54.0 Å². The first-order valence-corrected chi connectivity index (χ1v) is 10.1. The monoisotopic (exact) mass is 382 g/mol. The summed E-state index contributed by atoms with van der Waals surface area (Å²) in [4.78, 5) is 23.6. The van der Waals surface area contributed by atoms with Gasteiger partial charge in [0, 0.05) is 51.0 Å². The van der Waals surface area contributed by atoms with Gasteiger partial charge in [0.05, 0.1) is 5.69 Å². The maximum absolute atomic E-state index is 14.0. The number of carbonyl (C=O) groups is 1. The van der Waals surface area contributed by atoms with Crippen molar-refractivity contribution in [2.24, 2.45) is 5.92 Å². The van der Waals surface area contributed by atoms with E-state index in [1.807, 2.05) is 23.1 Å². The quantitative estimate of drug-likeness (QED) is 0.816. The van der Waals surface area contributed by atoms with Crippen molar-refractivity contribution in [1.82, 2.24) is 9.88 Å². The van der Waals surface area contributed by atoms with Crippen LogP contribution >= 0.6 is 0 Å². The van der Waals surface area contributed by atoms with Gasteiger partial charge in [0.2, 0.25) is 0 Å². The van der Waals surface area contributed by atoms with Crippen LogP contribution in [0.4, 0.5) is 15.9 Å². The number of rotatable bonds is 3. The minimum absolute atomic E-state index is 0.0974. The second kappa shape index (κ2) is 8.17. The summed E-state index contributed by atoms with van der Waals surface area (Å²) >= 11 is 0. The fourth-order valence-corrected chi connectivity index (χ4v) is 4.17.